The Morgan fingerprint density at radius 2 is 1.77 bits per heavy atom. The Balaban J connectivity index is 1.41. The topological polar surface area (TPSA) is 62.6 Å². The van der Waals surface area contributed by atoms with Crippen LogP contribution in [-0.4, -0.2) is 67.9 Å². The van der Waals surface area contributed by atoms with Crippen LogP contribution < -0.4 is 4.90 Å². The van der Waals surface area contributed by atoms with Crippen molar-refractivity contribution in [1.82, 2.24) is 9.47 Å². The molecule has 4 rings (SSSR count). The van der Waals surface area contributed by atoms with E-state index in [0.717, 1.165) is 43.1 Å². The van der Waals surface area contributed by atoms with Crippen molar-refractivity contribution in [3.63, 3.8) is 0 Å². The average Bonchev–Trinajstić information content (AvgIpc) is 3.20. The Hall–Kier alpha value is -2.12. The number of aromatic nitrogens is 1. The molecule has 1 atom stereocenters. The van der Waals surface area contributed by atoms with Gasteiger partial charge in [0.05, 0.1) is 18.1 Å². The van der Waals surface area contributed by atoms with Gasteiger partial charge in [-0.1, -0.05) is 18.2 Å². The van der Waals surface area contributed by atoms with Crippen molar-refractivity contribution in [3.05, 3.63) is 52.8 Å². The minimum Gasteiger partial charge on any atom is -0.369 e. The molecule has 2 aliphatic heterocycles. The van der Waals surface area contributed by atoms with Crippen LogP contribution in [0.2, 0.25) is 0 Å². The molecule has 0 aliphatic carbocycles. The zero-order valence-corrected chi connectivity index (χ0v) is 18.9. The molecule has 2 aliphatic rings. The van der Waals surface area contributed by atoms with Crippen LogP contribution in [0.25, 0.3) is 0 Å². The summed E-state index contributed by atoms with van der Waals surface area (Å²) in [6, 6.07) is 10.3. The van der Waals surface area contributed by atoms with Gasteiger partial charge in [-0.2, -0.15) is 0 Å². The fraction of sp³-hybridized carbons (Fsp3) is 0.522. The third-order valence-electron chi connectivity index (χ3n) is 6.55. The van der Waals surface area contributed by atoms with Crippen molar-refractivity contribution in [1.29, 1.82) is 0 Å². The first-order chi connectivity index (χ1) is 14.2. The highest BCUT2D eigenvalue weighted by atomic mass is 32.2. The molecule has 1 aromatic heterocycles. The molecule has 2 aromatic rings. The maximum atomic E-state index is 13.1. The number of ketones is 1. The third kappa shape index (κ3) is 4.18. The molecule has 1 aromatic carbocycles. The molecule has 0 amide bonds. The number of carbonyl (C=O) groups excluding carboxylic acids is 1. The summed E-state index contributed by atoms with van der Waals surface area (Å²) in [5.74, 6) is 0.542. The third-order valence-corrected chi connectivity index (χ3v) is 8.30. The van der Waals surface area contributed by atoms with E-state index in [-0.39, 0.29) is 23.3 Å². The first-order valence-electron chi connectivity index (χ1n) is 10.7. The van der Waals surface area contributed by atoms with E-state index in [9.17, 15) is 13.2 Å². The van der Waals surface area contributed by atoms with Crippen LogP contribution in [0.15, 0.2) is 30.3 Å². The highest BCUT2D eigenvalue weighted by Crippen LogP contribution is 2.29. The van der Waals surface area contributed by atoms with E-state index in [4.69, 9.17) is 0 Å². The van der Waals surface area contributed by atoms with Gasteiger partial charge in [0.2, 0.25) is 0 Å². The quantitative estimate of drug-likeness (QED) is 0.684. The van der Waals surface area contributed by atoms with Crippen molar-refractivity contribution < 1.29 is 13.2 Å². The van der Waals surface area contributed by atoms with Crippen LogP contribution in [0, 0.1) is 20.8 Å². The molecular weight excluding hydrogens is 398 g/mol. The van der Waals surface area contributed by atoms with Crippen LogP contribution in [0.5, 0.6) is 0 Å². The minimum atomic E-state index is -2.96. The number of aryl methyl sites for hydroxylation is 2. The van der Waals surface area contributed by atoms with E-state index in [2.05, 4.69) is 45.6 Å². The number of sulfone groups is 1. The predicted octanol–water partition coefficient (Wildman–Crippen LogP) is 2.78. The Bertz CT molecular complexity index is 1050. The summed E-state index contributed by atoms with van der Waals surface area (Å²) in [6.45, 7) is 10.0. The molecule has 0 saturated carbocycles. The lowest BCUT2D eigenvalue weighted by Crippen LogP contribution is -2.48. The van der Waals surface area contributed by atoms with Crippen LogP contribution in [0.1, 0.15) is 39.8 Å². The minimum absolute atomic E-state index is 0.0470. The molecule has 0 spiro atoms. The lowest BCUT2D eigenvalue weighted by atomic mass is 10.1. The first-order valence-corrected chi connectivity index (χ1v) is 12.5. The fourth-order valence-corrected chi connectivity index (χ4v) is 6.65. The monoisotopic (exact) mass is 429 g/mol. The van der Waals surface area contributed by atoms with Gasteiger partial charge < -0.3 is 9.47 Å². The first kappa shape index (κ1) is 21.1. The number of piperazine rings is 1. The summed E-state index contributed by atoms with van der Waals surface area (Å²) in [4.78, 5) is 17.7. The van der Waals surface area contributed by atoms with Gasteiger partial charge in [0, 0.05) is 54.9 Å². The fourth-order valence-electron chi connectivity index (χ4n) is 4.95. The molecule has 0 bridgehead atoms. The summed E-state index contributed by atoms with van der Waals surface area (Å²) in [5, 5.41) is 0. The molecule has 2 fully saturated rings. The molecule has 162 valence electrons. The predicted molar refractivity (Wildman–Crippen MR) is 120 cm³/mol. The van der Waals surface area contributed by atoms with E-state index in [1.54, 1.807) is 0 Å². The van der Waals surface area contributed by atoms with E-state index >= 15 is 0 Å². The van der Waals surface area contributed by atoms with E-state index in [1.807, 2.05) is 19.9 Å². The number of rotatable bonds is 5. The second-order valence-electron chi connectivity index (χ2n) is 8.68. The van der Waals surface area contributed by atoms with Gasteiger partial charge in [-0.15, -0.1) is 0 Å². The highest BCUT2D eigenvalue weighted by Gasteiger charge is 2.32. The van der Waals surface area contributed by atoms with Gasteiger partial charge in [-0.25, -0.2) is 8.42 Å². The number of carbonyl (C=O) groups is 1. The SMILES string of the molecule is Cc1ccccc1N1CCN(CC(=O)c2cc(C)n([C@@H]3CCS(=O)(=O)C3)c2C)CC1. The van der Waals surface area contributed by atoms with Crippen LogP contribution in [0.3, 0.4) is 0 Å². The second kappa shape index (κ2) is 8.19. The largest absolute Gasteiger partial charge is 0.369 e. The summed E-state index contributed by atoms with van der Waals surface area (Å²) < 4.78 is 25.9. The van der Waals surface area contributed by atoms with Crippen molar-refractivity contribution in [3.8, 4) is 0 Å². The molecule has 30 heavy (non-hydrogen) atoms. The van der Waals surface area contributed by atoms with Crippen LogP contribution in [-0.2, 0) is 9.84 Å². The van der Waals surface area contributed by atoms with E-state index < -0.39 is 9.84 Å². The molecule has 6 nitrogen and oxygen atoms in total. The smallest absolute Gasteiger partial charge is 0.178 e. The van der Waals surface area contributed by atoms with E-state index in [1.165, 1.54) is 11.3 Å². The van der Waals surface area contributed by atoms with Crippen LogP contribution in [0.4, 0.5) is 5.69 Å². The van der Waals surface area contributed by atoms with Gasteiger partial charge in [0.1, 0.15) is 0 Å². The lowest BCUT2D eigenvalue weighted by Gasteiger charge is -2.36. The zero-order valence-electron chi connectivity index (χ0n) is 18.1. The van der Waals surface area contributed by atoms with Crippen molar-refractivity contribution in [2.45, 2.75) is 33.2 Å². The number of hydrogen-bond acceptors (Lipinski definition) is 5. The number of hydrogen-bond donors (Lipinski definition) is 0. The highest BCUT2D eigenvalue weighted by molar-refractivity contribution is 7.91. The Kier molecular flexibility index (Phi) is 5.77. The van der Waals surface area contributed by atoms with Crippen molar-refractivity contribution in [2.24, 2.45) is 0 Å². The van der Waals surface area contributed by atoms with Gasteiger partial charge >= 0.3 is 0 Å². The number of anilines is 1. The lowest BCUT2D eigenvalue weighted by molar-refractivity contribution is 0.0925. The summed E-state index contributed by atoms with van der Waals surface area (Å²) in [5.41, 5.74) is 5.17. The standard InChI is InChI=1S/C23H31N3O3S/c1-17-6-4-5-7-22(17)25-11-9-24(10-12-25)15-23(27)21-14-18(2)26(19(21)3)20-8-13-30(28,29)16-20/h4-7,14,20H,8-13,15-16H2,1-3H3/t20-/m1/s1. The summed E-state index contributed by atoms with van der Waals surface area (Å²) in [6.07, 6.45) is 0.632. The maximum Gasteiger partial charge on any atom is 0.178 e. The molecule has 2 saturated heterocycles. The van der Waals surface area contributed by atoms with Gasteiger partial charge in [0.25, 0.3) is 0 Å². The van der Waals surface area contributed by atoms with Crippen LogP contribution >= 0.6 is 0 Å². The van der Waals surface area contributed by atoms with Crippen molar-refractivity contribution >= 4 is 21.3 Å². The van der Waals surface area contributed by atoms with Gasteiger partial charge in [0.15, 0.2) is 15.6 Å². The Morgan fingerprint density at radius 1 is 1.07 bits per heavy atom. The number of Topliss-reactive ketones (excluding diaryl/α,β-unsaturated/α-hetero) is 1. The Morgan fingerprint density at radius 3 is 2.40 bits per heavy atom. The van der Waals surface area contributed by atoms with Gasteiger partial charge in [-0.3, -0.25) is 9.69 Å². The normalized spacial score (nSPS) is 21.8. The average molecular weight is 430 g/mol. The second-order valence-corrected chi connectivity index (χ2v) is 10.9. The molecular formula is C23H31N3O3S. The number of para-hydroxylation sites is 1. The maximum absolute atomic E-state index is 13.1. The van der Waals surface area contributed by atoms with Crippen molar-refractivity contribution in [2.75, 3.05) is 49.1 Å². The number of benzene rings is 1. The molecule has 0 radical (unpaired) electrons. The molecule has 7 heteroatoms. The van der Waals surface area contributed by atoms with Gasteiger partial charge in [-0.05, 0) is 44.9 Å². The Labute approximate surface area is 179 Å². The van der Waals surface area contributed by atoms with E-state index in [0.29, 0.717) is 13.0 Å². The summed E-state index contributed by atoms with van der Waals surface area (Å²) >= 11 is 0. The zero-order chi connectivity index (χ0) is 21.5. The number of nitrogens with zero attached hydrogens (tertiary/aromatic N) is 3. The summed E-state index contributed by atoms with van der Waals surface area (Å²) in [7, 11) is -2.96. The molecule has 0 unspecified atom stereocenters. The molecule has 0 N–H and O–H groups in total. The molecule has 3 heterocycles.